The molecule has 0 radical (unpaired) electrons. The number of nitrogens with zero attached hydrogens (tertiary/aromatic N) is 3. The lowest BCUT2D eigenvalue weighted by molar-refractivity contribution is 0.0513. The molecule has 0 saturated heterocycles. The molecule has 0 aliphatic heterocycles. The third kappa shape index (κ3) is 3.45. The van der Waals surface area contributed by atoms with Gasteiger partial charge >= 0.3 is 5.97 Å². The summed E-state index contributed by atoms with van der Waals surface area (Å²) in [5.74, 6) is 0.896. The van der Waals surface area contributed by atoms with Crippen LogP contribution in [0, 0.1) is 6.92 Å². The number of aromatic nitrogens is 3. The molecule has 0 fully saturated rings. The van der Waals surface area contributed by atoms with Gasteiger partial charge < -0.3 is 13.9 Å². The minimum Gasteiger partial charge on any atom is -0.480 e. The summed E-state index contributed by atoms with van der Waals surface area (Å²) in [5.41, 5.74) is 0.925. The van der Waals surface area contributed by atoms with Crippen molar-refractivity contribution in [1.29, 1.82) is 0 Å². The summed E-state index contributed by atoms with van der Waals surface area (Å²) in [6, 6.07) is 9.43. The van der Waals surface area contributed by atoms with Gasteiger partial charge in [0.15, 0.2) is 12.4 Å². The summed E-state index contributed by atoms with van der Waals surface area (Å²) in [6.45, 7) is 3.90. The van der Waals surface area contributed by atoms with Crippen LogP contribution < -0.4 is 4.74 Å². The maximum Gasteiger partial charge on any atom is 0.362 e. The molecule has 1 aromatic carbocycles. The lowest BCUT2D eigenvalue weighted by Gasteiger charge is -2.03. The Hall–Kier alpha value is -3.09. The van der Waals surface area contributed by atoms with E-state index in [-0.39, 0.29) is 18.9 Å². The van der Waals surface area contributed by atoms with E-state index in [0.29, 0.717) is 17.4 Å². The first kappa shape index (κ1) is 15.8. The number of carbonyl (C=O) groups excluding carboxylic acids is 1. The highest BCUT2D eigenvalue weighted by atomic mass is 16.5. The fourth-order valence-corrected chi connectivity index (χ4v) is 2.13. The third-order valence-electron chi connectivity index (χ3n) is 3.19. The molecular weight excluding hydrogens is 310 g/mol. The van der Waals surface area contributed by atoms with Gasteiger partial charge in [0, 0.05) is 0 Å². The normalized spacial score (nSPS) is 10.6. The highest BCUT2D eigenvalue weighted by Gasteiger charge is 2.20. The average Bonchev–Trinajstić information content (AvgIpc) is 3.20. The lowest BCUT2D eigenvalue weighted by atomic mass is 10.3. The van der Waals surface area contributed by atoms with Crippen LogP contribution in [0.3, 0.4) is 0 Å². The quantitative estimate of drug-likeness (QED) is 0.648. The molecule has 0 bridgehead atoms. The molecule has 2 aromatic heterocycles. The first-order chi connectivity index (χ1) is 11.7. The molecule has 3 aromatic rings. The summed E-state index contributed by atoms with van der Waals surface area (Å²) < 4.78 is 17.6. The molecule has 3 rings (SSSR count). The van der Waals surface area contributed by atoms with Crippen LogP contribution in [0.5, 0.6) is 5.75 Å². The van der Waals surface area contributed by atoms with Crippen LogP contribution >= 0.6 is 0 Å². The smallest absolute Gasteiger partial charge is 0.362 e. The molecule has 0 aliphatic carbocycles. The second kappa shape index (κ2) is 6.99. The Kier molecular flexibility index (Phi) is 4.60. The van der Waals surface area contributed by atoms with Crippen molar-refractivity contribution in [3.8, 4) is 11.4 Å². The monoisotopic (exact) mass is 327 g/mol. The first-order valence-electron chi connectivity index (χ1n) is 7.53. The van der Waals surface area contributed by atoms with Crippen LogP contribution in [0.25, 0.3) is 5.69 Å². The summed E-state index contributed by atoms with van der Waals surface area (Å²) in [5, 5.41) is 4.28. The average molecular weight is 327 g/mol. The van der Waals surface area contributed by atoms with Gasteiger partial charge in [0.2, 0.25) is 11.6 Å². The zero-order valence-electron chi connectivity index (χ0n) is 13.4. The van der Waals surface area contributed by atoms with Crippen LogP contribution in [0.1, 0.15) is 29.1 Å². The Morgan fingerprint density at radius 1 is 1.29 bits per heavy atom. The number of benzene rings is 1. The minimum absolute atomic E-state index is 0.0979. The maximum atomic E-state index is 12.1. The van der Waals surface area contributed by atoms with Crippen LogP contribution in [-0.2, 0) is 11.3 Å². The Bertz CT molecular complexity index is 823. The zero-order chi connectivity index (χ0) is 16.9. The third-order valence-corrected chi connectivity index (χ3v) is 3.19. The summed E-state index contributed by atoms with van der Waals surface area (Å²) in [4.78, 5) is 16.2. The van der Waals surface area contributed by atoms with Gasteiger partial charge in [0.05, 0.1) is 24.7 Å². The van der Waals surface area contributed by atoms with Crippen LogP contribution in [0.15, 0.2) is 47.1 Å². The molecule has 2 heterocycles. The second-order valence-electron chi connectivity index (χ2n) is 5.00. The Labute approximate surface area is 138 Å². The Morgan fingerprint density at radius 2 is 2.08 bits per heavy atom. The summed E-state index contributed by atoms with van der Waals surface area (Å²) >= 11 is 0. The van der Waals surface area contributed by atoms with Crippen molar-refractivity contribution in [3.63, 3.8) is 0 Å². The van der Waals surface area contributed by atoms with E-state index in [9.17, 15) is 4.79 Å². The number of hydrogen-bond donors (Lipinski definition) is 0. The second-order valence-corrected chi connectivity index (χ2v) is 5.00. The lowest BCUT2D eigenvalue weighted by Crippen LogP contribution is -2.08. The minimum atomic E-state index is -0.536. The molecule has 7 heteroatoms. The number of ether oxygens (including phenoxy) is 2. The highest BCUT2D eigenvalue weighted by Crippen LogP contribution is 2.22. The van der Waals surface area contributed by atoms with Crippen molar-refractivity contribution in [2.24, 2.45) is 0 Å². The molecule has 124 valence electrons. The number of aryl methyl sites for hydroxylation is 1. The highest BCUT2D eigenvalue weighted by molar-refractivity contribution is 5.90. The SMILES string of the molecule is CCOC(=O)c1nn(-c2ccccc2)cc1OCc1ncc(C)o1. The number of rotatable bonds is 6. The van der Waals surface area contributed by atoms with Crippen LogP contribution in [0.4, 0.5) is 0 Å². The fourth-order valence-electron chi connectivity index (χ4n) is 2.13. The first-order valence-corrected chi connectivity index (χ1v) is 7.53. The molecule has 7 nitrogen and oxygen atoms in total. The molecule has 0 aliphatic rings. The molecule has 24 heavy (non-hydrogen) atoms. The van der Waals surface area contributed by atoms with E-state index in [1.807, 2.05) is 30.3 Å². The van der Waals surface area contributed by atoms with Crippen LogP contribution in [0.2, 0.25) is 0 Å². The van der Waals surface area contributed by atoms with Gasteiger partial charge in [0.25, 0.3) is 0 Å². The predicted octanol–water partition coefficient (Wildman–Crippen LogP) is 2.92. The fraction of sp³-hybridized carbons (Fsp3) is 0.235. The molecule has 0 spiro atoms. The summed E-state index contributed by atoms with van der Waals surface area (Å²) in [7, 11) is 0. The van der Waals surface area contributed by atoms with E-state index in [0.717, 1.165) is 5.69 Å². The van der Waals surface area contributed by atoms with Gasteiger partial charge in [-0.15, -0.1) is 0 Å². The van der Waals surface area contributed by atoms with Gasteiger partial charge in [-0.1, -0.05) is 18.2 Å². The molecule has 0 atom stereocenters. The van der Waals surface area contributed by atoms with Crippen molar-refractivity contribution < 1.29 is 18.7 Å². The van der Waals surface area contributed by atoms with Gasteiger partial charge in [-0.05, 0) is 26.0 Å². The number of esters is 1. The standard InChI is InChI=1S/C17H17N3O4/c1-3-22-17(21)16-14(23-11-15-18-9-12(2)24-15)10-20(19-16)13-7-5-4-6-8-13/h4-10H,3,11H2,1-2H3. The largest absolute Gasteiger partial charge is 0.480 e. The van der Waals surface area contributed by atoms with Crippen molar-refractivity contribution in [2.75, 3.05) is 6.61 Å². The van der Waals surface area contributed by atoms with E-state index in [4.69, 9.17) is 13.9 Å². The van der Waals surface area contributed by atoms with E-state index in [2.05, 4.69) is 10.1 Å². The number of oxazole rings is 1. The Balaban J connectivity index is 1.87. The van der Waals surface area contributed by atoms with E-state index in [1.54, 1.807) is 30.9 Å². The van der Waals surface area contributed by atoms with E-state index in [1.165, 1.54) is 0 Å². The van der Waals surface area contributed by atoms with Crippen molar-refractivity contribution >= 4 is 5.97 Å². The van der Waals surface area contributed by atoms with Crippen LogP contribution in [-0.4, -0.2) is 27.3 Å². The van der Waals surface area contributed by atoms with Crippen molar-refractivity contribution in [2.45, 2.75) is 20.5 Å². The Morgan fingerprint density at radius 3 is 2.75 bits per heavy atom. The molecule has 0 N–H and O–H groups in total. The molecule has 0 saturated carbocycles. The molecule has 0 amide bonds. The molecular formula is C17H17N3O4. The maximum absolute atomic E-state index is 12.1. The molecule has 0 unspecified atom stereocenters. The van der Waals surface area contributed by atoms with Gasteiger partial charge in [-0.2, -0.15) is 5.10 Å². The van der Waals surface area contributed by atoms with Gasteiger partial charge in [0.1, 0.15) is 5.76 Å². The zero-order valence-corrected chi connectivity index (χ0v) is 13.4. The van der Waals surface area contributed by atoms with Gasteiger partial charge in [-0.3, -0.25) is 0 Å². The predicted molar refractivity (Wildman–Crippen MR) is 85.1 cm³/mol. The number of carbonyl (C=O) groups is 1. The van der Waals surface area contributed by atoms with Crippen molar-refractivity contribution in [1.82, 2.24) is 14.8 Å². The van der Waals surface area contributed by atoms with Gasteiger partial charge in [-0.25, -0.2) is 14.5 Å². The number of hydrogen-bond acceptors (Lipinski definition) is 6. The van der Waals surface area contributed by atoms with Crippen molar-refractivity contribution in [3.05, 3.63) is 60.1 Å². The topological polar surface area (TPSA) is 79.4 Å². The number of para-hydroxylation sites is 1. The van der Waals surface area contributed by atoms with E-state index >= 15 is 0 Å². The van der Waals surface area contributed by atoms with E-state index < -0.39 is 5.97 Å². The summed E-state index contributed by atoms with van der Waals surface area (Å²) in [6.07, 6.45) is 3.25.